The van der Waals surface area contributed by atoms with E-state index in [9.17, 15) is 35.1 Å². The summed E-state index contributed by atoms with van der Waals surface area (Å²) in [5.41, 5.74) is -2.04. The largest absolute Gasteiger partial charge is 0.504 e. The van der Waals surface area contributed by atoms with E-state index in [4.69, 9.17) is 4.74 Å². The molecule has 5 N–H and O–H groups in total. The smallest absolute Gasteiger partial charge is 0.334 e. The van der Waals surface area contributed by atoms with Crippen LogP contribution in [0.2, 0.25) is 0 Å². The summed E-state index contributed by atoms with van der Waals surface area (Å²) in [6.07, 6.45) is 3.65. The zero-order valence-electron chi connectivity index (χ0n) is 14.6. The van der Waals surface area contributed by atoms with Crippen molar-refractivity contribution in [2.24, 2.45) is 0 Å². The van der Waals surface area contributed by atoms with Crippen LogP contribution < -0.4 is 0 Å². The van der Waals surface area contributed by atoms with E-state index in [1.807, 2.05) is 0 Å². The van der Waals surface area contributed by atoms with Crippen molar-refractivity contribution in [1.29, 1.82) is 0 Å². The molecule has 0 heterocycles. The number of rotatable bonds is 2. The van der Waals surface area contributed by atoms with Crippen molar-refractivity contribution in [3.63, 3.8) is 0 Å². The monoisotopic (exact) mass is 384 g/mol. The highest BCUT2D eigenvalue weighted by Gasteiger charge is 2.48. The number of carbonyl (C=O) groups excluding carboxylic acids is 2. The van der Waals surface area contributed by atoms with Crippen LogP contribution in [0.3, 0.4) is 0 Å². The molecule has 8 heteroatoms. The molecule has 0 saturated carbocycles. The predicted molar refractivity (Wildman–Crippen MR) is 96.1 cm³/mol. The molecule has 2 aromatic rings. The fourth-order valence-electron chi connectivity index (χ4n) is 3.87. The zero-order valence-corrected chi connectivity index (χ0v) is 14.6. The summed E-state index contributed by atoms with van der Waals surface area (Å²) in [5, 5.41) is 51.3. The third-order valence-electron chi connectivity index (χ3n) is 5.14. The number of esters is 1. The van der Waals surface area contributed by atoms with Crippen LogP contribution in [0.5, 0.6) is 23.0 Å². The molecule has 0 aliphatic heterocycles. The fourth-order valence-corrected chi connectivity index (χ4v) is 3.87. The Hall–Kier alpha value is -3.52. The van der Waals surface area contributed by atoms with Gasteiger partial charge in [-0.1, -0.05) is 18.2 Å². The molecule has 0 aromatic heterocycles. The van der Waals surface area contributed by atoms with Gasteiger partial charge in [-0.2, -0.15) is 0 Å². The number of allylic oxidation sites excluding steroid dienone is 1. The molecule has 0 amide bonds. The first-order valence-corrected chi connectivity index (χ1v) is 8.50. The highest BCUT2D eigenvalue weighted by molar-refractivity contribution is 6.11. The fraction of sp³-hybridized carbons (Fsp3) is 0.200. The van der Waals surface area contributed by atoms with E-state index in [-0.39, 0.29) is 28.5 Å². The van der Waals surface area contributed by atoms with E-state index in [0.717, 1.165) is 12.2 Å². The Labute approximate surface area is 158 Å². The Balaban J connectivity index is 2.13. The number of hydrogen-bond acceptors (Lipinski definition) is 8. The quantitative estimate of drug-likeness (QED) is 0.298. The average Bonchev–Trinajstić information content (AvgIpc) is 2.87. The molecular formula is C20H16O8. The second kappa shape index (κ2) is 5.74. The summed E-state index contributed by atoms with van der Waals surface area (Å²) >= 11 is 0. The first-order chi connectivity index (χ1) is 13.2. The third kappa shape index (κ3) is 2.09. The Bertz CT molecular complexity index is 1130. The number of carbonyl (C=O) groups is 2. The van der Waals surface area contributed by atoms with Crippen LogP contribution in [-0.4, -0.2) is 43.9 Å². The molecule has 0 radical (unpaired) electrons. The molecule has 3 aliphatic rings. The number of aliphatic hydroxyl groups is 1. The average molecular weight is 384 g/mol. The van der Waals surface area contributed by atoms with Crippen LogP contribution in [0, 0.1) is 0 Å². The minimum atomic E-state index is -2.34. The zero-order chi connectivity index (χ0) is 20.4. The second-order valence-electron chi connectivity index (χ2n) is 6.63. The van der Waals surface area contributed by atoms with Crippen molar-refractivity contribution in [2.45, 2.75) is 18.4 Å². The van der Waals surface area contributed by atoms with Crippen molar-refractivity contribution in [3.05, 3.63) is 47.1 Å². The number of aromatic hydroxyl groups is 4. The van der Waals surface area contributed by atoms with Crippen LogP contribution in [0.4, 0.5) is 0 Å². The maximum Gasteiger partial charge on any atom is 0.334 e. The Morgan fingerprint density at radius 2 is 1.79 bits per heavy atom. The molecule has 5 rings (SSSR count). The molecule has 0 saturated heterocycles. The molecule has 8 nitrogen and oxygen atoms in total. The van der Waals surface area contributed by atoms with E-state index in [2.05, 4.69) is 0 Å². The number of ether oxygens (including phenoxy) is 1. The third-order valence-corrected chi connectivity index (χ3v) is 5.14. The lowest BCUT2D eigenvalue weighted by Gasteiger charge is -2.33. The van der Waals surface area contributed by atoms with E-state index >= 15 is 0 Å². The molecule has 2 atom stereocenters. The molecule has 0 fully saturated rings. The Morgan fingerprint density at radius 3 is 2.46 bits per heavy atom. The lowest BCUT2D eigenvalue weighted by molar-refractivity contribution is -0.139. The number of phenols is 4. The SMILES string of the molecule is CCOC(=O)C1=C[C@@]2(O)C(=O)C=C[C@@H]1c1ccc3c(O)c(O)c(O)c(O)c3c12. The number of hydrogen-bond donors (Lipinski definition) is 5. The van der Waals surface area contributed by atoms with Gasteiger partial charge >= 0.3 is 5.97 Å². The van der Waals surface area contributed by atoms with E-state index < -0.39 is 46.3 Å². The topological polar surface area (TPSA) is 145 Å². The number of benzene rings is 2. The lowest BCUT2D eigenvalue weighted by atomic mass is 9.73. The van der Waals surface area contributed by atoms with Crippen LogP contribution >= 0.6 is 0 Å². The molecule has 144 valence electrons. The summed E-state index contributed by atoms with van der Waals surface area (Å²) in [7, 11) is 0. The molecule has 0 spiro atoms. The summed E-state index contributed by atoms with van der Waals surface area (Å²) < 4.78 is 5.02. The molecular weight excluding hydrogens is 368 g/mol. The van der Waals surface area contributed by atoms with Crippen LogP contribution in [-0.2, 0) is 19.9 Å². The first kappa shape index (κ1) is 17.9. The van der Waals surface area contributed by atoms with Crippen molar-refractivity contribution in [3.8, 4) is 23.0 Å². The lowest BCUT2D eigenvalue weighted by Crippen LogP contribution is -2.37. The Morgan fingerprint density at radius 1 is 1.11 bits per heavy atom. The van der Waals surface area contributed by atoms with Gasteiger partial charge in [-0.05, 0) is 24.6 Å². The highest BCUT2D eigenvalue weighted by Crippen LogP contribution is 2.55. The summed E-state index contributed by atoms with van der Waals surface area (Å²) in [6, 6.07) is 2.83. The molecule has 28 heavy (non-hydrogen) atoms. The normalized spacial score (nSPS) is 22.7. The van der Waals surface area contributed by atoms with Gasteiger partial charge in [-0.25, -0.2) is 4.79 Å². The van der Waals surface area contributed by atoms with Crippen molar-refractivity contribution >= 4 is 22.5 Å². The summed E-state index contributed by atoms with van der Waals surface area (Å²) in [6.45, 7) is 1.73. The van der Waals surface area contributed by atoms with Gasteiger partial charge in [-0.3, -0.25) is 4.79 Å². The molecule has 2 bridgehead atoms. The maximum absolute atomic E-state index is 12.7. The maximum atomic E-state index is 12.7. The number of phenolic OH excluding ortho intramolecular Hbond substituents is 4. The van der Waals surface area contributed by atoms with Crippen LogP contribution in [0.25, 0.3) is 10.8 Å². The number of ketones is 1. The van der Waals surface area contributed by atoms with Crippen molar-refractivity contribution < 1.29 is 39.9 Å². The molecule has 3 aliphatic carbocycles. The predicted octanol–water partition coefficient (Wildman–Crippen LogP) is 1.58. The Kier molecular flexibility index (Phi) is 3.66. The highest BCUT2D eigenvalue weighted by atomic mass is 16.5. The summed E-state index contributed by atoms with van der Waals surface area (Å²) in [4.78, 5) is 25.1. The second-order valence-corrected chi connectivity index (χ2v) is 6.63. The van der Waals surface area contributed by atoms with Gasteiger partial charge in [0.2, 0.25) is 11.5 Å². The van der Waals surface area contributed by atoms with Gasteiger partial charge in [0.25, 0.3) is 0 Å². The molecule has 0 unspecified atom stereocenters. The minimum Gasteiger partial charge on any atom is -0.504 e. The van der Waals surface area contributed by atoms with Crippen molar-refractivity contribution in [1.82, 2.24) is 0 Å². The van der Waals surface area contributed by atoms with Gasteiger partial charge in [0.05, 0.1) is 6.61 Å². The van der Waals surface area contributed by atoms with Gasteiger partial charge in [0.15, 0.2) is 22.9 Å². The van der Waals surface area contributed by atoms with Crippen LogP contribution in [0.15, 0.2) is 35.9 Å². The minimum absolute atomic E-state index is 0.0602. The van der Waals surface area contributed by atoms with E-state index in [1.54, 1.807) is 6.92 Å². The van der Waals surface area contributed by atoms with Crippen LogP contribution in [0.1, 0.15) is 24.0 Å². The number of fused-ring (bicyclic) bond motifs is 2. The van der Waals surface area contributed by atoms with E-state index in [1.165, 1.54) is 18.2 Å². The summed E-state index contributed by atoms with van der Waals surface area (Å²) in [5.74, 6) is -5.65. The van der Waals surface area contributed by atoms with Crippen molar-refractivity contribution in [2.75, 3.05) is 6.61 Å². The van der Waals surface area contributed by atoms with Gasteiger partial charge in [0, 0.05) is 27.8 Å². The van der Waals surface area contributed by atoms with Gasteiger partial charge in [-0.15, -0.1) is 0 Å². The van der Waals surface area contributed by atoms with E-state index in [0.29, 0.717) is 5.56 Å². The van der Waals surface area contributed by atoms with Gasteiger partial charge < -0.3 is 30.3 Å². The first-order valence-electron chi connectivity index (χ1n) is 8.50. The molecule has 2 aromatic carbocycles. The van der Waals surface area contributed by atoms with Gasteiger partial charge in [0.1, 0.15) is 0 Å². The standard InChI is InChI=1S/C20H16O8/c1-2-28-19(26)11-7-20(27)12(21)6-5-8(11)9-3-4-10-13(14(9)20)16(23)18(25)17(24)15(10)22/h3-8,22-25,27H,2H2,1H3/t8-,20-/m1/s1.